The molecular formula is C17H21N5O2S. The average molecular weight is 359 g/mol. The third kappa shape index (κ3) is 3.89. The van der Waals surface area contributed by atoms with Crippen molar-refractivity contribution < 1.29 is 9.59 Å². The van der Waals surface area contributed by atoms with Gasteiger partial charge in [-0.3, -0.25) is 9.59 Å². The molecule has 2 aromatic rings. The molecule has 1 saturated carbocycles. The molecule has 0 radical (unpaired) electrons. The van der Waals surface area contributed by atoms with Crippen molar-refractivity contribution in [2.45, 2.75) is 31.7 Å². The summed E-state index contributed by atoms with van der Waals surface area (Å²) >= 11 is 1.59. The summed E-state index contributed by atoms with van der Waals surface area (Å²) < 4.78 is 0. The van der Waals surface area contributed by atoms with E-state index in [-0.39, 0.29) is 11.8 Å². The molecule has 1 N–H and O–H groups in total. The second-order valence-electron chi connectivity index (χ2n) is 6.53. The van der Waals surface area contributed by atoms with Crippen molar-refractivity contribution in [1.82, 2.24) is 20.2 Å². The molecule has 1 aliphatic heterocycles. The second-order valence-corrected chi connectivity index (χ2v) is 7.49. The fourth-order valence-corrected chi connectivity index (χ4v) is 3.91. The number of thiazole rings is 1. The first-order chi connectivity index (χ1) is 12.2. The first-order valence-corrected chi connectivity index (χ1v) is 9.54. The molecule has 2 aliphatic rings. The van der Waals surface area contributed by atoms with E-state index in [0.29, 0.717) is 32.0 Å². The van der Waals surface area contributed by atoms with Gasteiger partial charge in [0.15, 0.2) is 5.13 Å². The van der Waals surface area contributed by atoms with Gasteiger partial charge in [-0.1, -0.05) is 11.3 Å². The maximum absolute atomic E-state index is 12.3. The Kier molecular flexibility index (Phi) is 4.52. The molecule has 7 nitrogen and oxygen atoms in total. The lowest BCUT2D eigenvalue weighted by Crippen LogP contribution is -2.49. The molecule has 1 saturated heterocycles. The summed E-state index contributed by atoms with van der Waals surface area (Å²) in [6.45, 7) is 2.87. The van der Waals surface area contributed by atoms with Crippen molar-refractivity contribution in [2.75, 3.05) is 31.1 Å². The number of nitrogens with zero attached hydrogens (tertiary/aromatic N) is 4. The van der Waals surface area contributed by atoms with E-state index >= 15 is 0 Å². The van der Waals surface area contributed by atoms with Gasteiger partial charge in [-0.25, -0.2) is 9.97 Å². The molecule has 0 spiro atoms. The quantitative estimate of drug-likeness (QED) is 0.873. The molecule has 25 heavy (non-hydrogen) atoms. The topological polar surface area (TPSA) is 78.4 Å². The lowest BCUT2D eigenvalue weighted by Gasteiger charge is -2.34. The van der Waals surface area contributed by atoms with Gasteiger partial charge in [-0.2, -0.15) is 0 Å². The summed E-state index contributed by atoms with van der Waals surface area (Å²) in [7, 11) is 0. The number of aromatic nitrogens is 2. The molecule has 2 fully saturated rings. The highest BCUT2D eigenvalue weighted by Gasteiger charge is 2.25. The monoisotopic (exact) mass is 359 g/mol. The number of hydrogen-bond donors (Lipinski definition) is 1. The van der Waals surface area contributed by atoms with Gasteiger partial charge in [-0.15, -0.1) is 0 Å². The Hall–Kier alpha value is -2.22. The second kappa shape index (κ2) is 6.95. The Morgan fingerprint density at radius 2 is 2.00 bits per heavy atom. The summed E-state index contributed by atoms with van der Waals surface area (Å²) in [5.41, 5.74) is 0.919. The van der Waals surface area contributed by atoms with E-state index in [1.807, 2.05) is 17.0 Å². The van der Waals surface area contributed by atoms with Crippen molar-refractivity contribution in [2.24, 2.45) is 0 Å². The van der Waals surface area contributed by atoms with E-state index in [4.69, 9.17) is 0 Å². The van der Waals surface area contributed by atoms with Crippen LogP contribution in [0.25, 0.3) is 10.3 Å². The highest BCUT2D eigenvalue weighted by atomic mass is 32.1. The van der Waals surface area contributed by atoms with Crippen LogP contribution in [0.1, 0.15) is 25.7 Å². The number of pyridine rings is 1. The number of amides is 2. The number of nitrogens with one attached hydrogen (secondary N) is 1. The summed E-state index contributed by atoms with van der Waals surface area (Å²) in [5.74, 6) is 0.0630. The lowest BCUT2D eigenvalue weighted by atomic mass is 10.2. The smallest absolute Gasteiger partial charge is 0.223 e. The summed E-state index contributed by atoms with van der Waals surface area (Å²) in [5, 5.41) is 3.89. The van der Waals surface area contributed by atoms with Crippen molar-refractivity contribution in [3.63, 3.8) is 0 Å². The van der Waals surface area contributed by atoms with Gasteiger partial charge in [0.25, 0.3) is 0 Å². The zero-order chi connectivity index (χ0) is 17.2. The minimum absolute atomic E-state index is 0.00328. The van der Waals surface area contributed by atoms with E-state index < -0.39 is 0 Å². The van der Waals surface area contributed by atoms with E-state index in [2.05, 4.69) is 20.2 Å². The van der Waals surface area contributed by atoms with E-state index in [0.717, 1.165) is 41.4 Å². The molecule has 2 aromatic heterocycles. The van der Waals surface area contributed by atoms with Gasteiger partial charge in [0.1, 0.15) is 10.3 Å². The van der Waals surface area contributed by atoms with Gasteiger partial charge < -0.3 is 15.1 Å². The number of fused-ring (bicyclic) bond motifs is 1. The fraction of sp³-hybridized carbons (Fsp3) is 0.529. The maximum atomic E-state index is 12.3. The van der Waals surface area contributed by atoms with Crippen LogP contribution in [0.15, 0.2) is 18.3 Å². The summed E-state index contributed by atoms with van der Waals surface area (Å²) in [6.07, 6.45) is 4.51. The van der Waals surface area contributed by atoms with Gasteiger partial charge in [-0.05, 0) is 25.0 Å². The Labute approximate surface area is 150 Å². The van der Waals surface area contributed by atoms with Crippen LogP contribution >= 0.6 is 11.3 Å². The standard InChI is InChI=1S/C17H21N5O2S/c23-14(19-12-3-4-12)5-6-15(24)21-8-10-22(11-9-21)17-20-13-2-1-7-18-16(13)25-17/h1-2,7,12H,3-6,8-11H2,(H,19,23). The Morgan fingerprint density at radius 1 is 1.20 bits per heavy atom. The molecule has 8 heteroatoms. The molecule has 0 atom stereocenters. The van der Waals surface area contributed by atoms with E-state index in [9.17, 15) is 9.59 Å². The highest BCUT2D eigenvalue weighted by Crippen LogP contribution is 2.27. The van der Waals surface area contributed by atoms with Crippen LogP contribution in [0.5, 0.6) is 0 Å². The minimum Gasteiger partial charge on any atom is -0.353 e. The van der Waals surface area contributed by atoms with Crippen LogP contribution in [0.2, 0.25) is 0 Å². The molecule has 3 heterocycles. The highest BCUT2D eigenvalue weighted by molar-refractivity contribution is 7.21. The number of piperazine rings is 1. The average Bonchev–Trinajstić information content (AvgIpc) is 3.34. The van der Waals surface area contributed by atoms with Crippen LogP contribution in [0, 0.1) is 0 Å². The molecule has 1 aliphatic carbocycles. The molecular weight excluding hydrogens is 338 g/mol. The molecule has 0 aromatic carbocycles. The number of rotatable bonds is 5. The van der Waals surface area contributed by atoms with Gasteiger partial charge >= 0.3 is 0 Å². The SMILES string of the molecule is O=C(CCC(=O)N1CCN(c2nc3cccnc3s2)CC1)NC1CC1. The number of carbonyl (C=O) groups excluding carboxylic acids is 2. The van der Waals surface area contributed by atoms with Crippen molar-refractivity contribution in [1.29, 1.82) is 0 Å². The number of hydrogen-bond acceptors (Lipinski definition) is 6. The first-order valence-electron chi connectivity index (χ1n) is 8.73. The summed E-state index contributed by atoms with van der Waals surface area (Å²) in [6, 6.07) is 4.21. The predicted octanol–water partition coefficient (Wildman–Crippen LogP) is 1.40. The molecule has 132 valence electrons. The minimum atomic E-state index is -0.00328. The summed E-state index contributed by atoms with van der Waals surface area (Å²) in [4.78, 5) is 38.0. The lowest BCUT2D eigenvalue weighted by molar-refractivity contribution is -0.133. The third-order valence-electron chi connectivity index (χ3n) is 4.57. The van der Waals surface area contributed by atoms with Crippen LogP contribution in [0.3, 0.4) is 0 Å². The van der Waals surface area contributed by atoms with Gasteiger partial charge in [0, 0.05) is 51.3 Å². The normalized spacial score (nSPS) is 17.8. The molecule has 0 bridgehead atoms. The Bertz CT molecular complexity index is 747. The molecule has 0 unspecified atom stereocenters. The van der Waals surface area contributed by atoms with Crippen molar-refractivity contribution >= 4 is 38.6 Å². The zero-order valence-corrected chi connectivity index (χ0v) is 14.8. The van der Waals surface area contributed by atoms with E-state index in [1.165, 1.54) is 0 Å². The van der Waals surface area contributed by atoms with Crippen LogP contribution in [0.4, 0.5) is 5.13 Å². The number of carbonyl (C=O) groups is 2. The van der Waals surface area contributed by atoms with Crippen molar-refractivity contribution in [3.05, 3.63) is 18.3 Å². The largest absolute Gasteiger partial charge is 0.353 e. The van der Waals surface area contributed by atoms with Crippen LogP contribution in [-0.4, -0.2) is 58.9 Å². The van der Waals surface area contributed by atoms with Gasteiger partial charge in [0.05, 0.1) is 0 Å². The van der Waals surface area contributed by atoms with Crippen molar-refractivity contribution in [3.8, 4) is 0 Å². The van der Waals surface area contributed by atoms with Crippen LogP contribution in [-0.2, 0) is 9.59 Å². The fourth-order valence-electron chi connectivity index (χ4n) is 2.95. The van der Waals surface area contributed by atoms with E-state index in [1.54, 1.807) is 17.5 Å². The zero-order valence-electron chi connectivity index (χ0n) is 14.0. The van der Waals surface area contributed by atoms with Crippen LogP contribution < -0.4 is 10.2 Å². The molecule has 4 rings (SSSR count). The van der Waals surface area contributed by atoms with Gasteiger partial charge in [0.2, 0.25) is 11.8 Å². The number of anilines is 1. The Morgan fingerprint density at radius 3 is 2.72 bits per heavy atom. The predicted molar refractivity (Wildman–Crippen MR) is 96.6 cm³/mol. The third-order valence-corrected chi connectivity index (χ3v) is 5.61. The maximum Gasteiger partial charge on any atom is 0.223 e. The molecule has 2 amide bonds. The first kappa shape index (κ1) is 16.3. The Balaban J connectivity index is 1.27.